The van der Waals surface area contributed by atoms with Crippen LogP contribution in [-0.2, 0) is 12.8 Å². The first-order valence-corrected chi connectivity index (χ1v) is 8.54. The van der Waals surface area contributed by atoms with Gasteiger partial charge in [0, 0.05) is 12.1 Å². The standard InChI is InChI=1S/C21H26N2/c1-3-15(23)13-21-18-10-6-4-8-16(18)20(12-14(2)22)17-9-5-7-11-19(17)21/h4-11,14-15H,3,12-13,22-23H2,1-2H3. The number of nitrogens with two attached hydrogens (primary N) is 2. The average molecular weight is 306 g/mol. The second-order valence-electron chi connectivity index (χ2n) is 6.60. The Balaban J connectivity index is 2.36. The van der Waals surface area contributed by atoms with E-state index in [1.54, 1.807) is 0 Å². The van der Waals surface area contributed by atoms with Crippen LogP contribution in [0.3, 0.4) is 0 Å². The van der Waals surface area contributed by atoms with Crippen molar-refractivity contribution in [2.45, 2.75) is 45.2 Å². The monoisotopic (exact) mass is 306 g/mol. The van der Waals surface area contributed by atoms with Crippen molar-refractivity contribution in [3.63, 3.8) is 0 Å². The largest absolute Gasteiger partial charge is 0.328 e. The van der Waals surface area contributed by atoms with Gasteiger partial charge in [-0.05, 0) is 58.9 Å². The van der Waals surface area contributed by atoms with Gasteiger partial charge in [0.05, 0.1) is 0 Å². The van der Waals surface area contributed by atoms with Crippen molar-refractivity contribution in [2.75, 3.05) is 0 Å². The molecule has 2 nitrogen and oxygen atoms in total. The first kappa shape index (κ1) is 16.0. The van der Waals surface area contributed by atoms with Crippen molar-refractivity contribution < 1.29 is 0 Å². The van der Waals surface area contributed by atoms with Crippen molar-refractivity contribution >= 4 is 21.5 Å². The highest BCUT2D eigenvalue weighted by Crippen LogP contribution is 2.34. The number of hydrogen-bond donors (Lipinski definition) is 2. The molecule has 0 aliphatic carbocycles. The molecule has 120 valence electrons. The van der Waals surface area contributed by atoms with Crippen molar-refractivity contribution in [2.24, 2.45) is 11.5 Å². The molecular weight excluding hydrogens is 280 g/mol. The Bertz CT molecular complexity index is 764. The predicted molar refractivity (Wildman–Crippen MR) is 101 cm³/mol. The van der Waals surface area contributed by atoms with Crippen LogP contribution in [0.5, 0.6) is 0 Å². The van der Waals surface area contributed by atoms with Gasteiger partial charge in [-0.1, -0.05) is 55.5 Å². The Hall–Kier alpha value is -1.90. The van der Waals surface area contributed by atoms with Crippen LogP contribution in [0.2, 0.25) is 0 Å². The molecule has 2 heteroatoms. The van der Waals surface area contributed by atoms with Crippen LogP contribution in [-0.4, -0.2) is 12.1 Å². The molecule has 0 saturated heterocycles. The molecule has 23 heavy (non-hydrogen) atoms. The zero-order chi connectivity index (χ0) is 16.4. The third kappa shape index (κ3) is 3.10. The molecule has 3 aromatic carbocycles. The first-order chi connectivity index (χ1) is 11.1. The minimum Gasteiger partial charge on any atom is -0.328 e. The molecule has 3 aromatic rings. The summed E-state index contributed by atoms with van der Waals surface area (Å²) in [5, 5.41) is 5.29. The zero-order valence-electron chi connectivity index (χ0n) is 14.0. The Morgan fingerprint density at radius 1 is 0.739 bits per heavy atom. The van der Waals surface area contributed by atoms with E-state index in [2.05, 4.69) is 62.4 Å². The van der Waals surface area contributed by atoms with Gasteiger partial charge in [0.1, 0.15) is 0 Å². The quantitative estimate of drug-likeness (QED) is 0.695. The van der Waals surface area contributed by atoms with Gasteiger partial charge in [0.15, 0.2) is 0 Å². The SMILES string of the molecule is CCC(N)Cc1c2ccccc2c(CC(C)N)c2ccccc12. The lowest BCUT2D eigenvalue weighted by molar-refractivity contribution is 0.651. The molecule has 3 rings (SSSR count). The summed E-state index contributed by atoms with van der Waals surface area (Å²) in [6.45, 7) is 4.23. The van der Waals surface area contributed by atoms with Gasteiger partial charge in [-0.15, -0.1) is 0 Å². The van der Waals surface area contributed by atoms with Crippen molar-refractivity contribution in [1.29, 1.82) is 0 Å². The molecule has 0 amide bonds. The van der Waals surface area contributed by atoms with E-state index < -0.39 is 0 Å². The maximum absolute atomic E-state index is 6.29. The lowest BCUT2D eigenvalue weighted by Crippen LogP contribution is -2.22. The van der Waals surface area contributed by atoms with Crippen LogP contribution in [0.1, 0.15) is 31.4 Å². The highest BCUT2D eigenvalue weighted by Gasteiger charge is 2.15. The van der Waals surface area contributed by atoms with Gasteiger partial charge >= 0.3 is 0 Å². The van der Waals surface area contributed by atoms with Gasteiger partial charge in [-0.2, -0.15) is 0 Å². The molecule has 0 heterocycles. The zero-order valence-corrected chi connectivity index (χ0v) is 14.0. The van der Waals surface area contributed by atoms with Crippen molar-refractivity contribution in [3.05, 3.63) is 59.7 Å². The van der Waals surface area contributed by atoms with E-state index in [-0.39, 0.29) is 12.1 Å². The molecule has 0 aromatic heterocycles. The maximum atomic E-state index is 6.29. The lowest BCUT2D eigenvalue weighted by Gasteiger charge is -2.19. The molecule has 2 unspecified atom stereocenters. The van der Waals surface area contributed by atoms with E-state index in [0.29, 0.717) is 0 Å². The van der Waals surface area contributed by atoms with Crippen molar-refractivity contribution in [3.8, 4) is 0 Å². The molecule has 0 bridgehead atoms. The Labute approximate surface area is 138 Å². The molecule has 4 N–H and O–H groups in total. The summed E-state index contributed by atoms with van der Waals surface area (Å²) in [5.41, 5.74) is 15.1. The Morgan fingerprint density at radius 2 is 1.13 bits per heavy atom. The fourth-order valence-electron chi connectivity index (χ4n) is 3.48. The Kier molecular flexibility index (Phi) is 4.65. The smallest absolute Gasteiger partial charge is 0.00771 e. The maximum Gasteiger partial charge on any atom is 0.00771 e. The van der Waals surface area contributed by atoms with Crippen LogP contribution in [0.15, 0.2) is 48.5 Å². The van der Waals surface area contributed by atoms with Crippen LogP contribution in [0.4, 0.5) is 0 Å². The normalized spacial score (nSPS) is 14.3. The number of benzene rings is 3. The molecule has 0 aliphatic rings. The molecule has 2 atom stereocenters. The summed E-state index contributed by atoms with van der Waals surface area (Å²) in [4.78, 5) is 0. The average Bonchev–Trinajstić information content (AvgIpc) is 2.57. The second-order valence-corrected chi connectivity index (χ2v) is 6.60. The summed E-state index contributed by atoms with van der Waals surface area (Å²) in [7, 11) is 0. The Morgan fingerprint density at radius 3 is 1.48 bits per heavy atom. The van der Waals surface area contributed by atoms with Gasteiger partial charge in [-0.25, -0.2) is 0 Å². The molecule has 0 aliphatic heterocycles. The molecule has 0 saturated carbocycles. The minimum atomic E-state index is 0.144. The van der Waals surface area contributed by atoms with Crippen LogP contribution < -0.4 is 11.5 Å². The number of hydrogen-bond acceptors (Lipinski definition) is 2. The highest BCUT2D eigenvalue weighted by atomic mass is 14.6. The fourth-order valence-corrected chi connectivity index (χ4v) is 3.48. The number of rotatable bonds is 5. The van der Waals surface area contributed by atoms with E-state index in [1.165, 1.54) is 32.7 Å². The summed E-state index contributed by atoms with van der Waals surface area (Å²) in [6.07, 6.45) is 2.79. The summed E-state index contributed by atoms with van der Waals surface area (Å²) < 4.78 is 0. The van der Waals surface area contributed by atoms with Gasteiger partial charge in [0.2, 0.25) is 0 Å². The fraction of sp³-hybridized carbons (Fsp3) is 0.333. The molecule has 0 fully saturated rings. The summed E-state index contributed by atoms with van der Waals surface area (Å²) >= 11 is 0. The van der Waals surface area contributed by atoms with E-state index in [9.17, 15) is 0 Å². The third-order valence-electron chi connectivity index (χ3n) is 4.67. The topological polar surface area (TPSA) is 52.0 Å². The van der Waals surface area contributed by atoms with Gasteiger partial charge < -0.3 is 11.5 Å². The van der Waals surface area contributed by atoms with Crippen LogP contribution in [0, 0.1) is 0 Å². The second kappa shape index (κ2) is 6.69. The summed E-state index contributed by atoms with van der Waals surface area (Å²) in [6, 6.07) is 17.7. The third-order valence-corrected chi connectivity index (χ3v) is 4.67. The van der Waals surface area contributed by atoms with E-state index in [1.807, 2.05) is 0 Å². The van der Waals surface area contributed by atoms with Gasteiger partial charge in [0.25, 0.3) is 0 Å². The van der Waals surface area contributed by atoms with E-state index in [4.69, 9.17) is 11.5 Å². The highest BCUT2D eigenvalue weighted by molar-refractivity contribution is 6.05. The number of fused-ring (bicyclic) bond motifs is 2. The molecular formula is C21H26N2. The van der Waals surface area contributed by atoms with Gasteiger partial charge in [-0.3, -0.25) is 0 Å². The molecule has 0 radical (unpaired) electrons. The van der Waals surface area contributed by atoms with Crippen molar-refractivity contribution in [1.82, 2.24) is 0 Å². The molecule has 0 spiro atoms. The van der Waals surface area contributed by atoms with Crippen LogP contribution in [0.25, 0.3) is 21.5 Å². The van der Waals surface area contributed by atoms with E-state index in [0.717, 1.165) is 19.3 Å². The minimum absolute atomic E-state index is 0.144. The first-order valence-electron chi connectivity index (χ1n) is 8.54. The lowest BCUT2D eigenvalue weighted by atomic mass is 9.87. The van der Waals surface area contributed by atoms with Crippen LogP contribution >= 0.6 is 0 Å². The predicted octanol–water partition coefficient (Wildman–Crippen LogP) is 4.16. The van der Waals surface area contributed by atoms with E-state index >= 15 is 0 Å². The summed E-state index contributed by atoms with van der Waals surface area (Å²) in [5.74, 6) is 0.